The van der Waals surface area contributed by atoms with E-state index >= 15 is 0 Å². The van der Waals surface area contributed by atoms with Crippen molar-refractivity contribution in [2.75, 3.05) is 4.83 Å². The number of hydrogen-bond donors (Lipinski definition) is 1. The van der Waals surface area contributed by atoms with Gasteiger partial charge in [0.05, 0.1) is 11.1 Å². The molecule has 0 aliphatic carbocycles. The number of sulfonamides is 1. The molecule has 27 heavy (non-hydrogen) atoms. The summed E-state index contributed by atoms with van der Waals surface area (Å²) >= 11 is 6.04. The first-order valence-corrected chi connectivity index (χ1v) is 9.45. The van der Waals surface area contributed by atoms with E-state index in [1.54, 1.807) is 19.1 Å². The molecule has 0 aliphatic rings. The minimum Gasteiger partial charge on any atom is -0.233 e. The second-order valence-electron chi connectivity index (χ2n) is 5.69. The highest BCUT2D eigenvalue weighted by Crippen LogP contribution is 2.32. The summed E-state index contributed by atoms with van der Waals surface area (Å²) in [7, 11) is -4.12. The predicted octanol–water partition coefficient (Wildman–Crippen LogP) is 4.46. The van der Waals surface area contributed by atoms with Gasteiger partial charge in [0.2, 0.25) is 0 Å². The Morgan fingerprint density at radius 2 is 1.78 bits per heavy atom. The highest BCUT2D eigenvalue weighted by Gasteiger charge is 2.35. The van der Waals surface area contributed by atoms with Crippen LogP contribution >= 0.6 is 11.6 Å². The Balaban J connectivity index is 2.11. The van der Waals surface area contributed by atoms with E-state index in [2.05, 4.69) is 9.82 Å². The van der Waals surface area contributed by atoms with Gasteiger partial charge in [0.15, 0.2) is 11.5 Å². The van der Waals surface area contributed by atoms with Gasteiger partial charge in [0.25, 0.3) is 10.0 Å². The van der Waals surface area contributed by atoms with Gasteiger partial charge >= 0.3 is 6.18 Å². The smallest absolute Gasteiger partial charge is 0.233 e. The Morgan fingerprint density at radius 3 is 2.37 bits per heavy atom. The molecule has 0 saturated heterocycles. The third-order valence-corrected chi connectivity index (χ3v) is 5.44. The molecule has 10 heteroatoms. The van der Waals surface area contributed by atoms with Crippen LogP contribution in [0.1, 0.15) is 11.3 Å². The first kappa shape index (κ1) is 19.2. The molecule has 0 bridgehead atoms. The lowest BCUT2D eigenvalue weighted by Crippen LogP contribution is -2.23. The van der Waals surface area contributed by atoms with Crippen molar-refractivity contribution in [2.45, 2.75) is 18.0 Å². The fourth-order valence-electron chi connectivity index (χ4n) is 2.30. The maximum absolute atomic E-state index is 13.1. The number of aryl methyl sites for hydroxylation is 1. The van der Waals surface area contributed by atoms with Crippen LogP contribution in [-0.2, 0) is 16.2 Å². The topological polar surface area (TPSA) is 64.0 Å². The Labute approximate surface area is 158 Å². The van der Waals surface area contributed by atoms with Crippen LogP contribution in [-0.4, -0.2) is 18.1 Å². The molecule has 1 N–H and O–H groups in total. The van der Waals surface area contributed by atoms with Crippen molar-refractivity contribution in [1.29, 1.82) is 0 Å². The lowest BCUT2D eigenvalue weighted by molar-refractivity contribution is -0.140. The van der Waals surface area contributed by atoms with Crippen LogP contribution in [0.25, 0.3) is 11.4 Å². The van der Waals surface area contributed by atoms with E-state index < -0.39 is 21.9 Å². The summed E-state index contributed by atoms with van der Waals surface area (Å²) in [5, 5.41) is 0.321. The van der Waals surface area contributed by atoms with Gasteiger partial charge in [-0.05, 0) is 30.7 Å². The highest BCUT2D eigenvalue weighted by molar-refractivity contribution is 7.92. The monoisotopic (exact) mass is 415 g/mol. The third kappa shape index (κ3) is 4.09. The summed E-state index contributed by atoms with van der Waals surface area (Å²) in [6.45, 7) is 1.73. The van der Waals surface area contributed by atoms with E-state index in [4.69, 9.17) is 11.6 Å². The van der Waals surface area contributed by atoms with Crippen molar-refractivity contribution in [3.8, 4) is 11.4 Å². The Bertz CT molecular complexity index is 1080. The number of hydrogen-bond acceptors (Lipinski definition) is 3. The van der Waals surface area contributed by atoms with Crippen molar-refractivity contribution in [2.24, 2.45) is 0 Å². The molecule has 3 aromatic rings. The largest absolute Gasteiger partial charge is 0.434 e. The van der Waals surface area contributed by atoms with Gasteiger partial charge in [-0.25, -0.2) is 14.5 Å². The molecule has 3 rings (SSSR count). The maximum atomic E-state index is 13.1. The first-order chi connectivity index (χ1) is 12.6. The molecule has 0 aliphatic heterocycles. The van der Waals surface area contributed by atoms with E-state index in [-0.39, 0.29) is 16.3 Å². The lowest BCUT2D eigenvalue weighted by Gasteiger charge is -2.12. The van der Waals surface area contributed by atoms with E-state index in [1.807, 2.05) is 0 Å². The van der Waals surface area contributed by atoms with E-state index in [9.17, 15) is 21.6 Å². The number of nitrogens with zero attached hydrogens (tertiary/aromatic N) is 2. The molecule has 0 fully saturated rings. The van der Waals surface area contributed by atoms with Crippen molar-refractivity contribution >= 4 is 21.6 Å². The predicted molar refractivity (Wildman–Crippen MR) is 95.4 cm³/mol. The van der Waals surface area contributed by atoms with Gasteiger partial charge in [0, 0.05) is 10.6 Å². The number of imidazole rings is 1. The molecule has 0 radical (unpaired) electrons. The van der Waals surface area contributed by atoms with Crippen molar-refractivity contribution in [1.82, 2.24) is 9.66 Å². The molecule has 142 valence electrons. The molecule has 1 aromatic heterocycles. The molecule has 0 atom stereocenters. The highest BCUT2D eigenvalue weighted by atomic mass is 35.5. The van der Waals surface area contributed by atoms with Crippen LogP contribution in [0.4, 0.5) is 13.2 Å². The van der Waals surface area contributed by atoms with Crippen LogP contribution in [0.3, 0.4) is 0 Å². The van der Waals surface area contributed by atoms with Gasteiger partial charge in [-0.3, -0.25) is 0 Å². The fraction of sp³-hybridized carbons (Fsp3) is 0.118. The molecule has 0 unspecified atom stereocenters. The fourth-order valence-corrected chi connectivity index (χ4v) is 3.50. The molecule has 2 aromatic carbocycles. The number of halogens is 4. The van der Waals surface area contributed by atoms with Crippen molar-refractivity contribution in [3.05, 3.63) is 71.0 Å². The van der Waals surface area contributed by atoms with E-state index in [1.165, 1.54) is 36.4 Å². The van der Waals surface area contributed by atoms with Crippen LogP contribution < -0.4 is 4.83 Å². The summed E-state index contributed by atoms with van der Waals surface area (Å²) in [5.74, 6) is -0.233. The Kier molecular flexibility index (Phi) is 4.92. The van der Waals surface area contributed by atoms with E-state index in [0.29, 0.717) is 11.2 Å². The zero-order valence-corrected chi connectivity index (χ0v) is 15.4. The maximum Gasteiger partial charge on any atom is 0.434 e. The van der Waals surface area contributed by atoms with Crippen LogP contribution in [0.15, 0.2) is 59.6 Å². The summed E-state index contributed by atoms with van der Waals surface area (Å²) in [4.78, 5) is 5.57. The standard InChI is InChI=1S/C17H13ClF3N3O2S/c1-11-7-8-12(9-14(11)18)16-22-15(17(19,20)21)10-24(16)23-27(25,26)13-5-3-2-4-6-13/h2-10,23H,1H3. The molecule has 0 saturated carbocycles. The first-order valence-electron chi connectivity index (χ1n) is 7.59. The molecular weight excluding hydrogens is 403 g/mol. The van der Waals surface area contributed by atoms with E-state index in [0.717, 1.165) is 10.2 Å². The zero-order chi connectivity index (χ0) is 19.8. The zero-order valence-electron chi connectivity index (χ0n) is 13.8. The molecule has 0 amide bonds. The van der Waals surface area contributed by atoms with Gasteiger partial charge in [-0.1, -0.05) is 41.9 Å². The second kappa shape index (κ2) is 6.90. The normalized spacial score (nSPS) is 12.2. The average molecular weight is 416 g/mol. The van der Waals surface area contributed by atoms with Gasteiger partial charge in [0.1, 0.15) is 0 Å². The van der Waals surface area contributed by atoms with Crippen LogP contribution in [0, 0.1) is 6.92 Å². The number of aromatic nitrogens is 2. The molecule has 0 spiro atoms. The SMILES string of the molecule is Cc1ccc(-c2nc(C(F)(F)F)cn2NS(=O)(=O)c2ccccc2)cc1Cl. The quantitative estimate of drug-likeness (QED) is 0.684. The summed E-state index contributed by atoms with van der Waals surface area (Å²) in [6, 6.07) is 11.8. The summed E-state index contributed by atoms with van der Waals surface area (Å²) in [5.41, 5.74) is -0.277. The minimum absolute atomic E-state index is 0.0971. The van der Waals surface area contributed by atoms with Crippen molar-refractivity contribution < 1.29 is 21.6 Å². The van der Waals surface area contributed by atoms with Crippen LogP contribution in [0.2, 0.25) is 5.02 Å². The van der Waals surface area contributed by atoms with Crippen LogP contribution in [0.5, 0.6) is 0 Å². The second-order valence-corrected chi connectivity index (χ2v) is 7.76. The summed E-state index contributed by atoms with van der Waals surface area (Å²) < 4.78 is 65.1. The molecular formula is C17H13ClF3N3O2S. The lowest BCUT2D eigenvalue weighted by atomic mass is 10.1. The number of benzene rings is 2. The van der Waals surface area contributed by atoms with Gasteiger partial charge < -0.3 is 0 Å². The Morgan fingerprint density at radius 1 is 1.11 bits per heavy atom. The van der Waals surface area contributed by atoms with Gasteiger partial charge in [-0.2, -0.15) is 21.6 Å². The van der Waals surface area contributed by atoms with Gasteiger partial charge in [-0.15, -0.1) is 0 Å². The number of alkyl halides is 3. The third-order valence-electron chi connectivity index (χ3n) is 3.70. The summed E-state index contributed by atoms with van der Waals surface area (Å²) in [6.07, 6.45) is -4.16. The molecule has 5 nitrogen and oxygen atoms in total. The minimum atomic E-state index is -4.74. The number of nitrogens with one attached hydrogen (secondary N) is 1. The van der Waals surface area contributed by atoms with Crippen molar-refractivity contribution in [3.63, 3.8) is 0 Å². The molecule has 1 heterocycles. The Hall–Kier alpha value is -2.52. The number of rotatable bonds is 4. The average Bonchev–Trinajstić information content (AvgIpc) is 3.01.